The van der Waals surface area contributed by atoms with Crippen LogP contribution in [-0.2, 0) is 16.1 Å². The minimum absolute atomic E-state index is 0. The number of halogens is 1. The first-order chi connectivity index (χ1) is 15.9. The second-order valence-electron chi connectivity index (χ2n) is 8.11. The number of benzene rings is 2. The SMILES string of the molecule is Cl.NCCCn1c2c(c3ccc(NC(=O)CCCCC(=O)O)cc3c1=O)C(=O)c1ccccc1-2. The van der Waals surface area contributed by atoms with Crippen LogP contribution in [0, 0.1) is 0 Å². The van der Waals surface area contributed by atoms with Gasteiger partial charge >= 0.3 is 5.97 Å². The zero-order chi connectivity index (χ0) is 23.5. The van der Waals surface area contributed by atoms with Crippen molar-refractivity contribution in [1.82, 2.24) is 4.57 Å². The molecular formula is C25H26ClN3O5. The van der Waals surface area contributed by atoms with E-state index in [9.17, 15) is 19.2 Å². The van der Waals surface area contributed by atoms with Gasteiger partial charge in [-0.3, -0.25) is 19.2 Å². The van der Waals surface area contributed by atoms with Crippen LogP contribution in [0.5, 0.6) is 0 Å². The summed E-state index contributed by atoms with van der Waals surface area (Å²) in [5.41, 5.74) is 8.34. The van der Waals surface area contributed by atoms with E-state index in [0.717, 1.165) is 5.56 Å². The monoisotopic (exact) mass is 483 g/mol. The molecule has 1 aliphatic carbocycles. The summed E-state index contributed by atoms with van der Waals surface area (Å²) in [5.74, 6) is -1.27. The molecule has 1 heterocycles. The number of hydrogen-bond acceptors (Lipinski definition) is 5. The first-order valence-corrected chi connectivity index (χ1v) is 11.0. The molecule has 0 spiro atoms. The number of fused-ring (bicyclic) bond motifs is 5. The van der Waals surface area contributed by atoms with E-state index in [1.54, 1.807) is 34.9 Å². The van der Waals surface area contributed by atoms with Gasteiger partial charge in [-0.15, -0.1) is 12.4 Å². The van der Waals surface area contributed by atoms with E-state index in [2.05, 4.69) is 5.32 Å². The normalized spacial score (nSPS) is 11.6. The largest absolute Gasteiger partial charge is 0.481 e. The average Bonchev–Trinajstić information content (AvgIpc) is 3.09. The van der Waals surface area contributed by atoms with E-state index in [1.807, 2.05) is 12.1 Å². The molecule has 0 unspecified atom stereocenters. The van der Waals surface area contributed by atoms with Crippen LogP contribution in [0.4, 0.5) is 5.69 Å². The highest BCUT2D eigenvalue weighted by molar-refractivity contribution is 6.26. The first kappa shape index (κ1) is 25.1. The number of carbonyl (C=O) groups excluding carboxylic acids is 2. The highest BCUT2D eigenvalue weighted by atomic mass is 35.5. The van der Waals surface area contributed by atoms with Gasteiger partial charge in [-0.1, -0.05) is 30.3 Å². The maximum absolute atomic E-state index is 13.5. The molecule has 0 saturated heterocycles. The summed E-state index contributed by atoms with van der Waals surface area (Å²) in [6.45, 7) is 0.794. The van der Waals surface area contributed by atoms with Gasteiger partial charge in [0.05, 0.1) is 16.6 Å². The molecular weight excluding hydrogens is 458 g/mol. The van der Waals surface area contributed by atoms with E-state index in [4.69, 9.17) is 10.8 Å². The van der Waals surface area contributed by atoms with Gasteiger partial charge in [-0.05, 0) is 37.9 Å². The van der Waals surface area contributed by atoms with Gasteiger partial charge in [0.2, 0.25) is 5.91 Å². The molecule has 0 bridgehead atoms. The molecule has 4 rings (SSSR count). The van der Waals surface area contributed by atoms with Crippen LogP contribution >= 0.6 is 12.4 Å². The number of nitrogens with two attached hydrogens (primary N) is 1. The van der Waals surface area contributed by atoms with Crippen molar-refractivity contribution in [3.63, 3.8) is 0 Å². The summed E-state index contributed by atoms with van der Waals surface area (Å²) in [6.07, 6.45) is 1.66. The van der Waals surface area contributed by atoms with Gasteiger partial charge in [-0.2, -0.15) is 0 Å². The summed E-state index contributed by atoms with van der Waals surface area (Å²) < 4.78 is 1.62. The van der Waals surface area contributed by atoms with Gasteiger partial charge in [-0.25, -0.2) is 0 Å². The number of anilines is 1. The molecule has 2 aromatic carbocycles. The number of carbonyl (C=O) groups is 3. The van der Waals surface area contributed by atoms with Crippen LogP contribution in [0.2, 0.25) is 0 Å². The highest BCUT2D eigenvalue weighted by Crippen LogP contribution is 2.39. The number of amides is 1. The number of nitrogens with zero attached hydrogens (tertiary/aromatic N) is 1. The molecule has 0 atom stereocenters. The fraction of sp³-hybridized carbons (Fsp3) is 0.280. The van der Waals surface area contributed by atoms with Gasteiger partial charge in [0.1, 0.15) is 0 Å². The van der Waals surface area contributed by atoms with E-state index in [0.29, 0.717) is 65.6 Å². The summed E-state index contributed by atoms with van der Waals surface area (Å²) in [5, 5.41) is 12.4. The maximum atomic E-state index is 13.5. The Morgan fingerprint density at radius 1 is 0.941 bits per heavy atom. The number of ketones is 1. The minimum Gasteiger partial charge on any atom is -0.481 e. The Bertz CT molecular complexity index is 1330. The number of rotatable bonds is 9. The third-order valence-electron chi connectivity index (χ3n) is 5.84. The summed E-state index contributed by atoms with van der Waals surface area (Å²) in [4.78, 5) is 49.6. The van der Waals surface area contributed by atoms with Crippen LogP contribution in [0.25, 0.3) is 22.0 Å². The lowest BCUT2D eigenvalue weighted by atomic mass is 10.0. The van der Waals surface area contributed by atoms with Gasteiger partial charge in [0.25, 0.3) is 5.56 Å². The number of hydrogen-bond donors (Lipinski definition) is 3. The molecule has 0 radical (unpaired) electrons. The Balaban J connectivity index is 0.00000324. The Hall–Kier alpha value is -3.49. The van der Waals surface area contributed by atoms with Crippen molar-refractivity contribution in [2.75, 3.05) is 11.9 Å². The molecule has 178 valence electrons. The van der Waals surface area contributed by atoms with Gasteiger partial charge in [0, 0.05) is 41.6 Å². The minimum atomic E-state index is -0.889. The van der Waals surface area contributed by atoms with Crippen LogP contribution in [0.15, 0.2) is 47.3 Å². The molecule has 0 aliphatic heterocycles. The number of carboxylic acids is 1. The van der Waals surface area contributed by atoms with Gasteiger partial charge in [0.15, 0.2) is 5.78 Å². The van der Waals surface area contributed by atoms with Crippen molar-refractivity contribution >= 4 is 46.5 Å². The zero-order valence-corrected chi connectivity index (χ0v) is 19.3. The second-order valence-corrected chi connectivity index (χ2v) is 8.11. The van der Waals surface area contributed by atoms with E-state index < -0.39 is 5.97 Å². The Morgan fingerprint density at radius 3 is 2.35 bits per heavy atom. The van der Waals surface area contributed by atoms with Crippen molar-refractivity contribution in [1.29, 1.82) is 0 Å². The summed E-state index contributed by atoms with van der Waals surface area (Å²) >= 11 is 0. The zero-order valence-electron chi connectivity index (χ0n) is 18.5. The molecule has 8 nitrogen and oxygen atoms in total. The second kappa shape index (κ2) is 10.6. The highest BCUT2D eigenvalue weighted by Gasteiger charge is 2.32. The summed E-state index contributed by atoms with van der Waals surface area (Å²) in [7, 11) is 0. The number of nitrogens with one attached hydrogen (secondary N) is 1. The van der Waals surface area contributed by atoms with Crippen LogP contribution in [0.1, 0.15) is 48.0 Å². The molecule has 0 fully saturated rings. The Kier molecular flexibility index (Phi) is 7.86. The van der Waals surface area contributed by atoms with E-state index in [-0.39, 0.29) is 42.5 Å². The van der Waals surface area contributed by atoms with Gasteiger partial charge < -0.3 is 20.7 Å². The fourth-order valence-electron chi connectivity index (χ4n) is 4.31. The van der Waals surface area contributed by atoms with Crippen molar-refractivity contribution in [2.24, 2.45) is 5.73 Å². The number of aliphatic carboxylic acids is 1. The third kappa shape index (κ3) is 4.73. The summed E-state index contributed by atoms with van der Waals surface area (Å²) in [6, 6.07) is 12.2. The standard InChI is InChI=1S/C25H25N3O5.ClH/c26-12-5-13-28-23-17-6-1-2-7-18(17)24(32)22(23)16-11-10-15(14-19(16)25(28)33)27-20(29)8-3-4-9-21(30)31;/h1-2,6-7,10-11,14H,3-5,8-9,12-13,26H2,(H,27,29)(H,30,31);1H. The van der Waals surface area contributed by atoms with Crippen LogP contribution < -0.4 is 16.6 Å². The number of carboxylic acid groups (broad SMARTS) is 1. The lowest BCUT2D eigenvalue weighted by Gasteiger charge is -2.15. The van der Waals surface area contributed by atoms with Crippen molar-refractivity contribution in [3.8, 4) is 11.3 Å². The predicted molar refractivity (Wildman–Crippen MR) is 133 cm³/mol. The smallest absolute Gasteiger partial charge is 0.303 e. The van der Waals surface area contributed by atoms with Crippen molar-refractivity contribution in [2.45, 2.75) is 38.6 Å². The van der Waals surface area contributed by atoms with E-state index in [1.165, 1.54) is 0 Å². The molecule has 1 aromatic heterocycles. The Morgan fingerprint density at radius 2 is 1.65 bits per heavy atom. The maximum Gasteiger partial charge on any atom is 0.303 e. The topological polar surface area (TPSA) is 131 Å². The van der Waals surface area contributed by atoms with Crippen molar-refractivity contribution in [3.05, 3.63) is 63.9 Å². The molecule has 0 saturated carbocycles. The lowest BCUT2D eigenvalue weighted by Crippen LogP contribution is -2.24. The molecule has 34 heavy (non-hydrogen) atoms. The van der Waals surface area contributed by atoms with Crippen molar-refractivity contribution < 1.29 is 19.5 Å². The van der Waals surface area contributed by atoms with E-state index >= 15 is 0 Å². The molecule has 1 aliphatic rings. The quantitative estimate of drug-likeness (QED) is 0.312. The number of pyridine rings is 1. The molecule has 3 aromatic rings. The number of unbranched alkanes of at least 4 members (excludes halogenated alkanes) is 1. The average molecular weight is 484 g/mol. The lowest BCUT2D eigenvalue weighted by molar-refractivity contribution is -0.137. The molecule has 1 amide bonds. The first-order valence-electron chi connectivity index (χ1n) is 11.0. The number of aromatic nitrogens is 1. The Labute approximate surface area is 202 Å². The third-order valence-corrected chi connectivity index (χ3v) is 5.84. The van der Waals surface area contributed by atoms with Crippen LogP contribution in [0.3, 0.4) is 0 Å². The molecule has 4 N–H and O–H groups in total. The van der Waals surface area contributed by atoms with Crippen LogP contribution in [-0.4, -0.2) is 33.9 Å². The fourth-order valence-corrected chi connectivity index (χ4v) is 4.31. The molecule has 9 heteroatoms. The predicted octanol–water partition coefficient (Wildman–Crippen LogP) is 3.57.